The molecular weight excluding hydrogens is 548 g/mol. The average Bonchev–Trinajstić information content (AvgIpc) is 2.94. The molecule has 0 fully saturated rings. The summed E-state index contributed by atoms with van der Waals surface area (Å²) in [5.41, 5.74) is 5.66. The number of carbonyl (C=O) groups is 1. The fourth-order valence-corrected chi connectivity index (χ4v) is 5.04. The number of aromatic nitrogens is 2. The van der Waals surface area contributed by atoms with Gasteiger partial charge in [0.2, 0.25) is 11.6 Å². The van der Waals surface area contributed by atoms with Crippen LogP contribution in [0.5, 0.6) is 5.88 Å². The number of quaternary nitrogens is 1. The molecule has 0 radical (unpaired) electrons. The molecule has 4 N–H and O–H groups in total. The predicted molar refractivity (Wildman–Crippen MR) is 167 cm³/mol. The Hall–Kier alpha value is -3.57. The topological polar surface area (TPSA) is 134 Å². The molecule has 0 bridgehead atoms. The molecule has 234 valence electrons. The van der Waals surface area contributed by atoms with Gasteiger partial charge in [0.1, 0.15) is 0 Å². The molecule has 3 rings (SSSR count). The highest BCUT2D eigenvalue weighted by Crippen LogP contribution is 2.30. The summed E-state index contributed by atoms with van der Waals surface area (Å²) in [5, 5.41) is 31.1. The van der Waals surface area contributed by atoms with E-state index in [9.17, 15) is 20.3 Å². The van der Waals surface area contributed by atoms with Crippen molar-refractivity contribution in [3.8, 4) is 17.1 Å². The van der Waals surface area contributed by atoms with Gasteiger partial charge >= 0.3 is 5.97 Å². The predicted octanol–water partition coefficient (Wildman–Crippen LogP) is 7.74. The smallest absolute Gasteiger partial charge is 0.335 e. The summed E-state index contributed by atoms with van der Waals surface area (Å²) in [6, 6.07) is 13.0. The normalized spacial score (nSPS) is 13.1. The highest BCUT2D eigenvalue weighted by Gasteiger charge is 2.31. The number of carboxylic acid groups (broad SMARTS) is 1. The third kappa shape index (κ3) is 10.00. The second-order valence-corrected chi connectivity index (χ2v) is 11.5. The molecule has 0 aliphatic heterocycles. The van der Waals surface area contributed by atoms with Crippen molar-refractivity contribution in [2.45, 2.75) is 92.3 Å². The van der Waals surface area contributed by atoms with Gasteiger partial charge in [-0.25, -0.2) is 9.78 Å². The van der Waals surface area contributed by atoms with Crippen LogP contribution < -0.4 is 15.1 Å². The minimum absolute atomic E-state index is 0.0276. The Bertz CT molecular complexity index is 1330. The summed E-state index contributed by atoms with van der Waals surface area (Å²) < 4.78 is 12.5. The van der Waals surface area contributed by atoms with E-state index in [0.29, 0.717) is 12.3 Å². The lowest BCUT2D eigenvalue weighted by atomic mass is 9.98. The molecule has 1 heterocycles. The molecule has 0 saturated carbocycles. The van der Waals surface area contributed by atoms with Gasteiger partial charge in [-0.15, -0.1) is 15.8 Å². The Kier molecular flexibility index (Phi) is 12.4. The highest BCUT2D eigenvalue weighted by molar-refractivity contribution is 5.88. The standard InChI is InChI=1S/C33H46N4O6/c1-7-8-9-10-11-18-29(43-22(2)3)25(6)21-42-30-20-28(31-23(4)14-12-15-24(31)5)34-33(35-30)36-37(40,41)27-17-13-16-26(19-27)32(38)39/h12-17,19-20,22,25,29,40-41H,7-11,18,21H2,1-6H3,(H-,34,35,36,38,39)/p+1. The third-order valence-corrected chi connectivity index (χ3v) is 7.32. The van der Waals surface area contributed by atoms with Gasteiger partial charge in [-0.1, -0.05) is 70.2 Å². The van der Waals surface area contributed by atoms with Gasteiger partial charge in [-0.3, -0.25) is 0 Å². The molecule has 0 saturated heterocycles. The van der Waals surface area contributed by atoms with Crippen molar-refractivity contribution in [3.05, 3.63) is 65.2 Å². The van der Waals surface area contributed by atoms with E-state index in [-0.39, 0.29) is 41.2 Å². The van der Waals surface area contributed by atoms with Crippen LogP contribution in [0.3, 0.4) is 0 Å². The molecule has 0 aliphatic carbocycles. The minimum atomic E-state index is -1.87. The van der Waals surface area contributed by atoms with Crippen LogP contribution in [-0.2, 0) is 4.74 Å². The Labute approximate surface area is 254 Å². The van der Waals surface area contributed by atoms with Crippen LogP contribution in [0.1, 0.15) is 87.7 Å². The first-order valence-corrected chi connectivity index (χ1v) is 15.1. The zero-order valence-corrected chi connectivity index (χ0v) is 26.2. The average molecular weight is 596 g/mol. The fourth-order valence-electron chi connectivity index (χ4n) is 5.04. The minimum Gasteiger partial charge on any atom is -0.478 e. The van der Waals surface area contributed by atoms with Crippen molar-refractivity contribution in [2.75, 3.05) is 12.0 Å². The number of ether oxygens (including phenoxy) is 2. The molecule has 2 atom stereocenters. The number of carboxylic acids is 1. The number of anilines is 1. The first kappa shape index (κ1) is 33.9. The van der Waals surface area contributed by atoms with Crippen molar-refractivity contribution in [1.82, 2.24) is 14.9 Å². The number of unbranched alkanes of at least 4 members (excludes halogenated alkanes) is 4. The molecule has 0 amide bonds. The third-order valence-electron chi connectivity index (χ3n) is 7.32. The summed E-state index contributed by atoms with van der Waals surface area (Å²) in [6.07, 6.45) is 7.01. The number of hydrogen-bond acceptors (Lipinski definition) is 8. The molecule has 2 unspecified atom stereocenters. The summed E-state index contributed by atoms with van der Waals surface area (Å²) in [4.78, 5) is 18.6. The van der Waals surface area contributed by atoms with E-state index < -0.39 is 10.9 Å². The monoisotopic (exact) mass is 595 g/mol. The largest absolute Gasteiger partial charge is 0.478 e. The van der Waals surface area contributed by atoms with E-state index in [0.717, 1.165) is 35.6 Å². The number of hydrogen-bond donors (Lipinski definition) is 4. The molecular formula is C33H47N4O6+. The number of nitrogens with zero attached hydrogens (tertiary/aromatic N) is 3. The van der Waals surface area contributed by atoms with E-state index in [2.05, 4.69) is 29.2 Å². The van der Waals surface area contributed by atoms with Gasteiger partial charge in [0, 0.05) is 29.7 Å². The second kappa shape index (κ2) is 15.8. The zero-order chi connectivity index (χ0) is 31.6. The molecule has 0 spiro atoms. The Balaban J connectivity index is 1.89. The summed E-state index contributed by atoms with van der Waals surface area (Å²) in [7, 11) is 0. The molecule has 10 nitrogen and oxygen atoms in total. The summed E-state index contributed by atoms with van der Waals surface area (Å²) in [6.45, 7) is 12.7. The van der Waals surface area contributed by atoms with Gasteiger partial charge in [-0.05, 0) is 51.3 Å². The fraction of sp³-hybridized carbons (Fsp3) is 0.485. The lowest BCUT2D eigenvalue weighted by Gasteiger charge is -2.26. The van der Waals surface area contributed by atoms with Crippen molar-refractivity contribution in [3.63, 3.8) is 0 Å². The number of rotatable bonds is 17. The van der Waals surface area contributed by atoms with Gasteiger partial charge in [-0.2, -0.15) is 4.98 Å². The zero-order valence-electron chi connectivity index (χ0n) is 26.2. The van der Waals surface area contributed by atoms with E-state index in [4.69, 9.17) is 9.47 Å². The van der Waals surface area contributed by atoms with E-state index >= 15 is 0 Å². The van der Waals surface area contributed by atoms with Crippen molar-refractivity contribution in [2.24, 2.45) is 5.92 Å². The van der Waals surface area contributed by atoms with Crippen LogP contribution in [-0.4, -0.2) is 50.3 Å². The lowest BCUT2D eigenvalue weighted by Crippen LogP contribution is -2.48. The first-order chi connectivity index (χ1) is 20.4. The van der Waals surface area contributed by atoms with Crippen LogP contribution in [0, 0.1) is 19.8 Å². The molecule has 2 aromatic carbocycles. The van der Waals surface area contributed by atoms with Gasteiger partial charge in [0.05, 0.1) is 35.0 Å². The Morgan fingerprint density at radius 1 is 0.953 bits per heavy atom. The van der Waals surface area contributed by atoms with Crippen molar-refractivity contribution < 1.29 is 29.8 Å². The van der Waals surface area contributed by atoms with Crippen LogP contribution >= 0.6 is 0 Å². The lowest BCUT2D eigenvalue weighted by molar-refractivity contribution is -0.273. The summed E-state index contributed by atoms with van der Waals surface area (Å²) in [5.74, 6) is -0.972. The Morgan fingerprint density at radius 2 is 1.63 bits per heavy atom. The van der Waals surface area contributed by atoms with Crippen LogP contribution in [0.2, 0.25) is 0 Å². The molecule has 0 aliphatic rings. The van der Waals surface area contributed by atoms with E-state index in [1.807, 2.05) is 45.9 Å². The number of aryl methyl sites for hydroxylation is 2. The Morgan fingerprint density at radius 3 is 2.28 bits per heavy atom. The summed E-state index contributed by atoms with van der Waals surface area (Å²) >= 11 is 0. The van der Waals surface area contributed by atoms with Gasteiger partial charge in [0.15, 0.2) is 0 Å². The second-order valence-electron chi connectivity index (χ2n) is 11.5. The number of nitrogens with one attached hydrogen (secondary N) is 1. The number of aromatic carboxylic acids is 1. The van der Waals surface area contributed by atoms with Crippen LogP contribution in [0.4, 0.5) is 11.6 Å². The molecule has 43 heavy (non-hydrogen) atoms. The van der Waals surface area contributed by atoms with Crippen LogP contribution in [0.25, 0.3) is 11.3 Å². The van der Waals surface area contributed by atoms with Gasteiger partial charge < -0.3 is 14.6 Å². The number of benzene rings is 2. The van der Waals surface area contributed by atoms with Crippen LogP contribution in [0.15, 0.2) is 48.5 Å². The van der Waals surface area contributed by atoms with E-state index in [1.165, 1.54) is 43.9 Å². The molecule has 10 heteroatoms. The van der Waals surface area contributed by atoms with Gasteiger partial charge in [0.25, 0.3) is 5.95 Å². The molecule has 1 aromatic heterocycles. The van der Waals surface area contributed by atoms with Crippen molar-refractivity contribution >= 4 is 17.6 Å². The SMILES string of the molecule is CCCCCCCC(OC(C)C)C(C)COc1cc(-c2c(C)cccc2C)nc(N[N+](O)(O)c2cccc(C(=O)O)c2)n1. The van der Waals surface area contributed by atoms with Crippen molar-refractivity contribution in [1.29, 1.82) is 0 Å². The highest BCUT2D eigenvalue weighted by atomic mass is 16.9. The molecule has 3 aromatic rings. The van der Waals surface area contributed by atoms with E-state index in [1.54, 1.807) is 6.07 Å². The first-order valence-electron chi connectivity index (χ1n) is 15.1. The maximum absolute atomic E-state index is 11.4. The quantitative estimate of drug-likeness (QED) is 0.0702. The maximum atomic E-state index is 11.4. The maximum Gasteiger partial charge on any atom is 0.335 e.